The number of carbonyl (C=O) groups excluding carboxylic acids is 1. The van der Waals surface area contributed by atoms with Gasteiger partial charge in [0.05, 0.1) is 24.6 Å². The molecule has 1 fully saturated rings. The van der Waals surface area contributed by atoms with Crippen LogP contribution in [0.3, 0.4) is 0 Å². The number of imidazole rings is 1. The third-order valence-corrected chi connectivity index (χ3v) is 6.24. The van der Waals surface area contributed by atoms with Crippen LogP contribution >= 0.6 is 0 Å². The zero-order valence-corrected chi connectivity index (χ0v) is 13.6. The number of nitrogens with zero attached hydrogens (tertiary/aromatic N) is 4. The largest absolute Gasteiger partial charge is 0.338 e. The minimum absolute atomic E-state index is 0.0182. The van der Waals surface area contributed by atoms with E-state index in [-0.39, 0.29) is 23.5 Å². The van der Waals surface area contributed by atoms with E-state index in [9.17, 15) is 13.2 Å². The third kappa shape index (κ3) is 3.17. The first-order chi connectivity index (χ1) is 10.5. The molecule has 3 rings (SSSR count). The summed E-state index contributed by atoms with van der Waals surface area (Å²) < 4.78 is 25.3. The Balaban J connectivity index is 1.61. The quantitative estimate of drug-likeness (QED) is 0.762. The number of carbonyl (C=O) groups is 1. The number of rotatable bonds is 4. The number of likely N-dealkylation sites (N-methyl/N-ethyl adjacent to an activating group) is 1. The molecule has 0 bridgehead atoms. The molecule has 0 unspecified atom stereocenters. The summed E-state index contributed by atoms with van der Waals surface area (Å²) in [4.78, 5) is 20.7. The van der Waals surface area contributed by atoms with Crippen LogP contribution in [0.2, 0.25) is 0 Å². The average molecular weight is 326 g/mol. The number of fused-ring (bicyclic) bond motifs is 1. The molecule has 1 amide bonds. The molecule has 1 saturated heterocycles. The van der Waals surface area contributed by atoms with Gasteiger partial charge in [0.25, 0.3) is 0 Å². The molecule has 1 aromatic rings. The summed E-state index contributed by atoms with van der Waals surface area (Å²) >= 11 is 0. The van der Waals surface area contributed by atoms with Crippen LogP contribution in [0.4, 0.5) is 0 Å². The minimum atomic E-state index is -2.97. The minimum Gasteiger partial charge on any atom is -0.338 e. The third-order valence-electron chi connectivity index (χ3n) is 4.49. The van der Waals surface area contributed by atoms with Gasteiger partial charge in [-0.15, -0.1) is 0 Å². The van der Waals surface area contributed by atoms with E-state index in [1.54, 1.807) is 11.1 Å². The molecule has 2 aliphatic heterocycles. The zero-order chi connectivity index (χ0) is 15.7. The van der Waals surface area contributed by atoms with Gasteiger partial charge < -0.3 is 9.47 Å². The Hall–Kier alpha value is -1.41. The number of hydrogen-bond acceptors (Lipinski definition) is 5. The van der Waals surface area contributed by atoms with Crippen molar-refractivity contribution in [3.05, 3.63) is 18.2 Å². The van der Waals surface area contributed by atoms with Crippen molar-refractivity contribution in [2.75, 3.05) is 31.1 Å². The molecule has 0 N–H and O–H groups in total. The Bertz CT molecular complexity index is 655. The second kappa shape index (κ2) is 6.00. The van der Waals surface area contributed by atoms with E-state index in [2.05, 4.69) is 14.5 Å². The van der Waals surface area contributed by atoms with Gasteiger partial charge in [-0.05, 0) is 13.3 Å². The van der Waals surface area contributed by atoms with Gasteiger partial charge in [0, 0.05) is 38.1 Å². The monoisotopic (exact) mass is 326 g/mol. The fraction of sp³-hybridized carbons (Fsp3) is 0.714. The van der Waals surface area contributed by atoms with Crippen molar-refractivity contribution in [1.29, 1.82) is 0 Å². The molecule has 1 atom stereocenters. The maximum Gasteiger partial charge on any atom is 0.237 e. The van der Waals surface area contributed by atoms with Crippen molar-refractivity contribution in [2.45, 2.75) is 32.5 Å². The molecule has 8 heteroatoms. The van der Waals surface area contributed by atoms with Crippen LogP contribution in [0.15, 0.2) is 12.4 Å². The van der Waals surface area contributed by atoms with Crippen LogP contribution in [-0.2, 0) is 27.7 Å². The lowest BCUT2D eigenvalue weighted by atomic mass is 10.2. The number of aromatic nitrogens is 2. The standard InChI is InChI=1S/C14H22N4O3S/c1-2-18(12-3-8-22(20,21)11-12)14(19)10-16-6-7-17-5-4-15-13(17)9-16/h4-5,12H,2-3,6-11H2,1H3/t12-/m1/s1. The maximum atomic E-state index is 12.6. The summed E-state index contributed by atoms with van der Waals surface area (Å²) in [5, 5.41) is 0. The molecule has 2 aliphatic rings. The van der Waals surface area contributed by atoms with Gasteiger partial charge in [-0.2, -0.15) is 0 Å². The SMILES string of the molecule is CCN(C(=O)CN1CCn2ccnc2C1)[C@@H]1CCS(=O)(=O)C1. The zero-order valence-electron chi connectivity index (χ0n) is 12.8. The van der Waals surface area contributed by atoms with Gasteiger partial charge in [-0.3, -0.25) is 9.69 Å². The van der Waals surface area contributed by atoms with E-state index in [4.69, 9.17) is 0 Å². The van der Waals surface area contributed by atoms with Crippen molar-refractivity contribution in [3.63, 3.8) is 0 Å². The van der Waals surface area contributed by atoms with Gasteiger partial charge in [0.2, 0.25) is 5.91 Å². The Labute approximate surface area is 130 Å². The van der Waals surface area contributed by atoms with Gasteiger partial charge >= 0.3 is 0 Å². The second-order valence-corrected chi connectivity index (χ2v) is 8.21. The first-order valence-corrected chi connectivity index (χ1v) is 9.53. The van der Waals surface area contributed by atoms with Crippen LogP contribution < -0.4 is 0 Å². The Morgan fingerprint density at radius 1 is 1.45 bits per heavy atom. The van der Waals surface area contributed by atoms with Crippen molar-refractivity contribution in [1.82, 2.24) is 19.4 Å². The Morgan fingerprint density at radius 2 is 2.27 bits per heavy atom. The fourth-order valence-corrected chi connectivity index (χ4v) is 5.03. The molecular weight excluding hydrogens is 304 g/mol. The number of amides is 1. The highest BCUT2D eigenvalue weighted by molar-refractivity contribution is 7.91. The topological polar surface area (TPSA) is 75.5 Å². The first-order valence-electron chi connectivity index (χ1n) is 7.71. The molecule has 3 heterocycles. The van der Waals surface area contributed by atoms with Crippen LogP contribution in [-0.4, -0.2) is 70.9 Å². The lowest BCUT2D eigenvalue weighted by Crippen LogP contribution is -2.47. The van der Waals surface area contributed by atoms with E-state index < -0.39 is 9.84 Å². The summed E-state index contributed by atoms with van der Waals surface area (Å²) in [6.07, 6.45) is 4.30. The Kier molecular flexibility index (Phi) is 4.22. The number of hydrogen-bond donors (Lipinski definition) is 0. The molecule has 0 radical (unpaired) electrons. The fourth-order valence-electron chi connectivity index (χ4n) is 3.30. The summed E-state index contributed by atoms with van der Waals surface area (Å²) in [6, 6.07) is -0.158. The van der Waals surface area contributed by atoms with E-state index >= 15 is 0 Å². The lowest BCUT2D eigenvalue weighted by molar-refractivity contribution is -0.134. The van der Waals surface area contributed by atoms with Crippen molar-refractivity contribution in [3.8, 4) is 0 Å². The average Bonchev–Trinajstić information content (AvgIpc) is 3.05. The van der Waals surface area contributed by atoms with Crippen LogP contribution in [0, 0.1) is 0 Å². The summed E-state index contributed by atoms with van der Waals surface area (Å²) in [5.74, 6) is 1.30. The molecule has 22 heavy (non-hydrogen) atoms. The number of sulfone groups is 1. The van der Waals surface area contributed by atoms with Crippen LogP contribution in [0.1, 0.15) is 19.2 Å². The van der Waals surface area contributed by atoms with Crippen molar-refractivity contribution >= 4 is 15.7 Å². The van der Waals surface area contributed by atoms with Crippen LogP contribution in [0.5, 0.6) is 0 Å². The molecule has 122 valence electrons. The highest BCUT2D eigenvalue weighted by Crippen LogP contribution is 2.18. The van der Waals surface area contributed by atoms with E-state index in [0.717, 1.165) is 18.9 Å². The summed E-state index contributed by atoms with van der Waals surface area (Å²) in [6.45, 7) is 5.12. The normalized spacial score (nSPS) is 24.1. The smallest absolute Gasteiger partial charge is 0.237 e. The van der Waals surface area contributed by atoms with Gasteiger partial charge in [-0.1, -0.05) is 0 Å². The van der Waals surface area contributed by atoms with Crippen molar-refractivity contribution in [2.24, 2.45) is 0 Å². The van der Waals surface area contributed by atoms with E-state index in [1.165, 1.54) is 0 Å². The van der Waals surface area contributed by atoms with Gasteiger partial charge in [-0.25, -0.2) is 13.4 Å². The molecule has 0 aliphatic carbocycles. The van der Waals surface area contributed by atoms with Crippen LogP contribution in [0.25, 0.3) is 0 Å². The van der Waals surface area contributed by atoms with Crippen molar-refractivity contribution < 1.29 is 13.2 Å². The molecule has 0 spiro atoms. The predicted molar refractivity (Wildman–Crippen MR) is 81.9 cm³/mol. The predicted octanol–water partition coefficient (Wildman–Crippen LogP) is -0.266. The molecule has 7 nitrogen and oxygen atoms in total. The van der Waals surface area contributed by atoms with Gasteiger partial charge in [0.15, 0.2) is 9.84 Å². The molecule has 0 aromatic carbocycles. The summed E-state index contributed by atoms with van der Waals surface area (Å²) in [7, 11) is -2.97. The Morgan fingerprint density at radius 3 is 2.95 bits per heavy atom. The molecule has 0 saturated carbocycles. The first kappa shape index (κ1) is 15.5. The maximum absolute atomic E-state index is 12.6. The highest BCUT2D eigenvalue weighted by atomic mass is 32.2. The second-order valence-electron chi connectivity index (χ2n) is 5.98. The lowest BCUT2D eigenvalue weighted by Gasteiger charge is -2.32. The van der Waals surface area contributed by atoms with E-state index in [0.29, 0.717) is 26.1 Å². The molecular formula is C14H22N4O3S. The van der Waals surface area contributed by atoms with Gasteiger partial charge in [0.1, 0.15) is 5.82 Å². The summed E-state index contributed by atoms with van der Waals surface area (Å²) in [5.41, 5.74) is 0. The highest BCUT2D eigenvalue weighted by Gasteiger charge is 2.34. The molecule has 1 aromatic heterocycles. The van der Waals surface area contributed by atoms with E-state index in [1.807, 2.05) is 13.1 Å².